The molecule has 0 bridgehead atoms. The summed E-state index contributed by atoms with van der Waals surface area (Å²) < 4.78 is 6.72. The van der Waals surface area contributed by atoms with E-state index in [1.807, 2.05) is 43.3 Å². The number of rotatable bonds is 10. The fourth-order valence-electron chi connectivity index (χ4n) is 3.18. The Kier molecular flexibility index (Phi) is 8.04. The summed E-state index contributed by atoms with van der Waals surface area (Å²) >= 11 is 1.28. The monoisotopic (exact) mass is 425 g/mol. The van der Waals surface area contributed by atoms with Crippen molar-refractivity contribution in [2.45, 2.75) is 37.5 Å². The first-order chi connectivity index (χ1) is 14.6. The summed E-state index contributed by atoms with van der Waals surface area (Å²) in [6.07, 6.45) is 1.78. The molecule has 1 aromatic heterocycles. The molecule has 0 saturated heterocycles. The van der Waals surface area contributed by atoms with E-state index in [1.54, 1.807) is 17.7 Å². The summed E-state index contributed by atoms with van der Waals surface area (Å²) in [5.41, 5.74) is 1.78. The number of thioether (sulfide) groups is 1. The molecule has 158 valence electrons. The van der Waals surface area contributed by atoms with Gasteiger partial charge in [0, 0.05) is 13.2 Å². The van der Waals surface area contributed by atoms with Gasteiger partial charge in [-0.05, 0) is 37.5 Å². The number of para-hydroxylation sites is 1. The Labute approximate surface area is 180 Å². The Bertz CT molecular complexity index is 1040. The van der Waals surface area contributed by atoms with E-state index >= 15 is 0 Å². The lowest BCUT2D eigenvalue weighted by atomic mass is 10.1. The molecule has 0 saturated carbocycles. The second-order valence-electron chi connectivity index (χ2n) is 7.14. The predicted molar refractivity (Wildman–Crippen MR) is 121 cm³/mol. The summed E-state index contributed by atoms with van der Waals surface area (Å²) in [6.45, 7) is 2.80. The van der Waals surface area contributed by atoms with Gasteiger partial charge in [-0.2, -0.15) is 0 Å². The van der Waals surface area contributed by atoms with Crippen molar-refractivity contribution >= 4 is 28.6 Å². The molecule has 1 N–H and O–H groups in total. The number of nitrogens with one attached hydrogen (secondary N) is 1. The molecule has 0 aliphatic heterocycles. The van der Waals surface area contributed by atoms with Crippen LogP contribution < -0.4 is 10.9 Å². The first-order valence-electron chi connectivity index (χ1n) is 10.0. The molecule has 0 fully saturated rings. The van der Waals surface area contributed by atoms with Crippen molar-refractivity contribution in [3.63, 3.8) is 0 Å². The molecule has 2 aromatic carbocycles. The van der Waals surface area contributed by atoms with Crippen LogP contribution in [0.3, 0.4) is 0 Å². The first-order valence-corrected chi connectivity index (χ1v) is 11.0. The second-order valence-corrected chi connectivity index (χ2v) is 8.09. The van der Waals surface area contributed by atoms with Crippen LogP contribution in [0.1, 0.15) is 18.9 Å². The predicted octanol–water partition coefficient (Wildman–Crippen LogP) is 3.27. The van der Waals surface area contributed by atoms with Gasteiger partial charge in [-0.1, -0.05) is 54.2 Å². The van der Waals surface area contributed by atoms with Crippen LogP contribution >= 0.6 is 11.8 Å². The summed E-state index contributed by atoms with van der Waals surface area (Å²) in [6, 6.07) is 17.6. The molecule has 0 spiro atoms. The number of amides is 1. The van der Waals surface area contributed by atoms with E-state index < -0.39 is 0 Å². The molecule has 7 heteroatoms. The van der Waals surface area contributed by atoms with Crippen molar-refractivity contribution in [1.82, 2.24) is 14.9 Å². The van der Waals surface area contributed by atoms with Crippen molar-refractivity contribution in [3.8, 4) is 0 Å². The highest BCUT2D eigenvalue weighted by Gasteiger charge is 2.14. The van der Waals surface area contributed by atoms with E-state index in [2.05, 4.69) is 22.4 Å². The maximum atomic E-state index is 12.9. The van der Waals surface area contributed by atoms with E-state index in [9.17, 15) is 9.59 Å². The number of aryl methyl sites for hydroxylation is 1. The second kappa shape index (κ2) is 10.9. The highest BCUT2D eigenvalue weighted by Crippen LogP contribution is 2.18. The van der Waals surface area contributed by atoms with Crippen LogP contribution in [0.5, 0.6) is 0 Å². The van der Waals surface area contributed by atoms with Gasteiger partial charge >= 0.3 is 0 Å². The minimum Gasteiger partial charge on any atom is -0.383 e. The molecule has 1 atom stereocenters. The summed E-state index contributed by atoms with van der Waals surface area (Å²) in [4.78, 5) is 29.9. The van der Waals surface area contributed by atoms with Crippen LogP contribution in [-0.2, 0) is 22.5 Å². The van der Waals surface area contributed by atoms with Crippen LogP contribution in [0.25, 0.3) is 10.9 Å². The summed E-state index contributed by atoms with van der Waals surface area (Å²) in [5, 5.41) is 4.13. The van der Waals surface area contributed by atoms with Crippen LogP contribution in [0.15, 0.2) is 64.5 Å². The number of carbonyl (C=O) groups excluding carboxylic acids is 1. The molecule has 0 aliphatic rings. The van der Waals surface area contributed by atoms with Gasteiger partial charge in [-0.3, -0.25) is 14.2 Å². The third kappa shape index (κ3) is 5.93. The molecule has 0 unspecified atom stereocenters. The van der Waals surface area contributed by atoms with Crippen molar-refractivity contribution in [2.75, 3.05) is 19.5 Å². The van der Waals surface area contributed by atoms with Crippen molar-refractivity contribution in [3.05, 3.63) is 70.5 Å². The number of hydrogen-bond donors (Lipinski definition) is 1. The van der Waals surface area contributed by atoms with Gasteiger partial charge < -0.3 is 10.1 Å². The van der Waals surface area contributed by atoms with Crippen LogP contribution in [-0.4, -0.2) is 41.0 Å². The fourth-order valence-corrected chi connectivity index (χ4v) is 4.02. The van der Waals surface area contributed by atoms with Crippen LogP contribution in [0, 0.1) is 0 Å². The average Bonchev–Trinajstić information content (AvgIpc) is 2.76. The minimum atomic E-state index is -0.114. The molecule has 0 radical (unpaired) electrons. The Balaban J connectivity index is 1.62. The number of aromatic nitrogens is 2. The lowest BCUT2D eigenvalue weighted by Crippen LogP contribution is -2.34. The Morgan fingerprint density at radius 3 is 2.67 bits per heavy atom. The van der Waals surface area contributed by atoms with Gasteiger partial charge in [0.1, 0.15) is 0 Å². The number of carbonyl (C=O) groups is 1. The lowest BCUT2D eigenvalue weighted by Gasteiger charge is -2.15. The van der Waals surface area contributed by atoms with Gasteiger partial charge in [0.2, 0.25) is 5.91 Å². The number of hydrogen-bond acceptors (Lipinski definition) is 5. The maximum Gasteiger partial charge on any atom is 0.262 e. The van der Waals surface area contributed by atoms with E-state index in [0.717, 1.165) is 12.8 Å². The number of methoxy groups -OCH3 is 1. The standard InChI is InChI=1S/C23H27N3O3S/c1-17(12-13-18-8-4-3-5-9-18)24-21(27)16-30-23-25-20-11-7-6-10-19(20)22(28)26(23)14-15-29-2/h3-11,17H,12-16H2,1-2H3,(H,24,27)/t17-/m1/s1. The van der Waals surface area contributed by atoms with Crippen LogP contribution in [0.2, 0.25) is 0 Å². The normalized spacial score (nSPS) is 12.1. The zero-order valence-corrected chi connectivity index (χ0v) is 18.2. The largest absolute Gasteiger partial charge is 0.383 e. The van der Waals surface area contributed by atoms with Crippen molar-refractivity contribution in [1.29, 1.82) is 0 Å². The highest BCUT2D eigenvalue weighted by atomic mass is 32.2. The smallest absolute Gasteiger partial charge is 0.262 e. The number of benzene rings is 2. The molecule has 3 aromatic rings. The van der Waals surface area contributed by atoms with Gasteiger partial charge in [0.15, 0.2) is 5.16 Å². The molecule has 1 heterocycles. The van der Waals surface area contributed by atoms with Gasteiger partial charge in [0.05, 0.1) is 29.8 Å². The topological polar surface area (TPSA) is 73.2 Å². The van der Waals surface area contributed by atoms with E-state index in [-0.39, 0.29) is 23.3 Å². The molecule has 3 rings (SSSR count). The molecule has 30 heavy (non-hydrogen) atoms. The third-order valence-electron chi connectivity index (χ3n) is 4.79. The minimum absolute atomic E-state index is 0.0681. The highest BCUT2D eigenvalue weighted by molar-refractivity contribution is 7.99. The van der Waals surface area contributed by atoms with Crippen LogP contribution in [0.4, 0.5) is 0 Å². The Hall–Kier alpha value is -2.64. The fraction of sp³-hybridized carbons (Fsp3) is 0.348. The zero-order valence-electron chi connectivity index (χ0n) is 17.3. The lowest BCUT2D eigenvalue weighted by molar-refractivity contribution is -0.119. The zero-order chi connectivity index (χ0) is 21.3. The number of ether oxygens (including phenoxy) is 1. The molecular weight excluding hydrogens is 398 g/mol. The van der Waals surface area contributed by atoms with E-state index in [0.29, 0.717) is 29.2 Å². The van der Waals surface area contributed by atoms with Crippen molar-refractivity contribution in [2.24, 2.45) is 0 Å². The SMILES string of the molecule is COCCn1c(SCC(=O)N[C@H](C)CCc2ccccc2)nc2ccccc2c1=O. The maximum absolute atomic E-state index is 12.9. The number of fused-ring (bicyclic) bond motifs is 1. The van der Waals surface area contributed by atoms with E-state index in [1.165, 1.54) is 17.3 Å². The molecule has 1 amide bonds. The van der Waals surface area contributed by atoms with Gasteiger partial charge in [-0.15, -0.1) is 0 Å². The molecule has 0 aliphatic carbocycles. The number of nitrogens with zero attached hydrogens (tertiary/aromatic N) is 2. The Morgan fingerprint density at radius 1 is 1.17 bits per heavy atom. The van der Waals surface area contributed by atoms with Gasteiger partial charge in [-0.25, -0.2) is 4.98 Å². The van der Waals surface area contributed by atoms with Crippen molar-refractivity contribution < 1.29 is 9.53 Å². The Morgan fingerprint density at radius 2 is 1.90 bits per heavy atom. The molecular formula is C23H27N3O3S. The third-order valence-corrected chi connectivity index (χ3v) is 5.77. The quantitative estimate of drug-likeness (QED) is 0.399. The summed E-state index contributed by atoms with van der Waals surface area (Å²) in [7, 11) is 1.59. The molecule has 6 nitrogen and oxygen atoms in total. The first kappa shape index (κ1) is 22.1. The van der Waals surface area contributed by atoms with Gasteiger partial charge in [0.25, 0.3) is 5.56 Å². The average molecular weight is 426 g/mol. The summed E-state index contributed by atoms with van der Waals surface area (Å²) in [5.74, 6) is 0.134. The van der Waals surface area contributed by atoms with E-state index in [4.69, 9.17) is 4.74 Å².